The number of aromatic nitrogens is 1. The molecule has 0 atom stereocenters. The van der Waals surface area contributed by atoms with Crippen molar-refractivity contribution in [1.82, 2.24) is 4.98 Å². The molecule has 0 fully saturated rings. The average Bonchev–Trinajstić information content (AvgIpc) is 2.99. The van der Waals surface area contributed by atoms with E-state index in [4.69, 9.17) is 28.4 Å². The predicted molar refractivity (Wildman–Crippen MR) is 154 cm³/mol. The maximum atomic E-state index is 13.0. The largest absolute Gasteiger partial charge is 0.493 e. The van der Waals surface area contributed by atoms with Crippen LogP contribution in [0.3, 0.4) is 0 Å². The summed E-state index contributed by atoms with van der Waals surface area (Å²) in [4.78, 5) is 17.7. The fourth-order valence-electron chi connectivity index (χ4n) is 4.37. The Balaban J connectivity index is 1.68. The molecule has 9 nitrogen and oxygen atoms in total. The van der Waals surface area contributed by atoms with Crippen LogP contribution in [0.2, 0.25) is 0 Å². The molecule has 208 valence electrons. The summed E-state index contributed by atoms with van der Waals surface area (Å²) in [5.74, 6) is 3.12. The first-order chi connectivity index (χ1) is 19.4. The van der Waals surface area contributed by atoms with Crippen molar-refractivity contribution in [3.05, 3.63) is 77.6 Å². The number of amides is 1. The molecule has 4 rings (SSSR count). The normalized spacial score (nSPS) is 10.8. The van der Waals surface area contributed by atoms with Crippen molar-refractivity contribution in [2.45, 2.75) is 6.42 Å². The fourth-order valence-corrected chi connectivity index (χ4v) is 4.37. The molecule has 1 N–H and O–H groups in total. The molecule has 1 heterocycles. The van der Waals surface area contributed by atoms with Crippen molar-refractivity contribution in [2.75, 3.05) is 48.0 Å². The number of pyridine rings is 1. The molecule has 0 radical (unpaired) electrons. The van der Waals surface area contributed by atoms with Gasteiger partial charge in [-0.25, -0.2) is 0 Å². The van der Waals surface area contributed by atoms with Crippen LogP contribution in [0.4, 0.5) is 5.69 Å². The zero-order valence-electron chi connectivity index (χ0n) is 23.4. The average molecular weight is 545 g/mol. The number of hydrogen-bond donors (Lipinski definition) is 1. The minimum Gasteiger partial charge on any atom is -0.493 e. The van der Waals surface area contributed by atoms with Crippen LogP contribution in [0.25, 0.3) is 16.8 Å². The van der Waals surface area contributed by atoms with Gasteiger partial charge >= 0.3 is 0 Å². The molecule has 1 aromatic heterocycles. The Hall–Kier alpha value is -4.92. The Morgan fingerprint density at radius 1 is 0.725 bits per heavy atom. The van der Waals surface area contributed by atoms with Gasteiger partial charge in [-0.15, -0.1) is 0 Å². The zero-order chi connectivity index (χ0) is 28.6. The highest BCUT2D eigenvalue weighted by atomic mass is 16.5. The van der Waals surface area contributed by atoms with Gasteiger partial charge in [0.1, 0.15) is 0 Å². The zero-order valence-corrected chi connectivity index (χ0v) is 23.4. The lowest BCUT2D eigenvalue weighted by Gasteiger charge is -2.16. The summed E-state index contributed by atoms with van der Waals surface area (Å²) in [6, 6.07) is 14.7. The van der Waals surface area contributed by atoms with E-state index in [9.17, 15) is 4.79 Å². The summed E-state index contributed by atoms with van der Waals surface area (Å²) >= 11 is 0. The highest BCUT2D eigenvalue weighted by Crippen LogP contribution is 2.37. The maximum Gasteiger partial charge on any atom is 0.248 e. The number of methoxy groups -OCH3 is 6. The van der Waals surface area contributed by atoms with E-state index in [0.717, 1.165) is 27.6 Å². The summed E-state index contributed by atoms with van der Waals surface area (Å²) in [7, 11) is 9.45. The highest BCUT2D eigenvalue weighted by Gasteiger charge is 2.16. The van der Waals surface area contributed by atoms with Gasteiger partial charge in [-0.3, -0.25) is 9.78 Å². The molecule has 0 aliphatic rings. The van der Waals surface area contributed by atoms with Crippen LogP contribution in [0, 0.1) is 0 Å². The Morgan fingerprint density at radius 2 is 1.32 bits per heavy atom. The Bertz CT molecular complexity index is 1550. The van der Waals surface area contributed by atoms with Crippen molar-refractivity contribution >= 4 is 28.4 Å². The second kappa shape index (κ2) is 12.8. The van der Waals surface area contributed by atoms with Crippen LogP contribution in [-0.2, 0) is 11.2 Å². The number of carbonyl (C=O) groups is 1. The van der Waals surface area contributed by atoms with E-state index >= 15 is 0 Å². The van der Waals surface area contributed by atoms with Crippen LogP contribution in [0.15, 0.2) is 60.8 Å². The minimum atomic E-state index is -0.319. The molecule has 0 unspecified atom stereocenters. The van der Waals surface area contributed by atoms with Gasteiger partial charge in [0.15, 0.2) is 34.5 Å². The molecule has 9 heteroatoms. The lowest BCUT2D eigenvalue weighted by molar-refractivity contribution is -0.111. The molecular formula is C31H32N2O7. The lowest BCUT2D eigenvalue weighted by atomic mass is 10.0. The number of ether oxygens (including phenoxy) is 6. The third-order valence-electron chi connectivity index (χ3n) is 6.41. The second-order valence-electron chi connectivity index (χ2n) is 8.66. The van der Waals surface area contributed by atoms with Crippen LogP contribution in [0.5, 0.6) is 34.5 Å². The van der Waals surface area contributed by atoms with Gasteiger partial charge < -0.3 is 33.7 Å². The highest BCUT2D eigenvalue weighted by molar-refractivity contribution is 6.02. The summed E-state index contributed by atoms with van der Waals surface area (Å²) in [6.07, 6.45) is 5.30. The van der Waals surface area contributed by atoms with Gasteiger partial charge in [-0.2, -0.15) is 0 Å². The molecule has 0 spiro atoms. The lowest BCUT2D eigenvalue weighted by Crippen LogP contribution is -2.11. The van der Waals surface area contributed by atoms with Gasteiger partial charge in [-0.05, 0) is 59.0 Å². The maximum absolute atomic E-state index is 13.0. The number of nitrogens with one attached hydrogen (secondary N) is 1. The fraction of sp³-hybridized carbons (Fsp3) is 0.226. The van der Waals surface area contributed by atoms with Crippen molar-refractivity contribution in [3.8, 4) is 34.5 Å². The van der Waals surface area contributed by atoms with E-state index in [0.29, 0.717) is 46.6 Å². The number of rotatable bonds is 11. The van der Waals surface area contributed by atoms with Crippen molar-refractivity contribution in [1.29, 1.82) is 0 Å². The van der Waals surface area contributed by atoms with Gasteiger partial charge in [0.25, 0.3) is 0 Å². The van der Waals surface area contributed by atoms with E-state index in [1.54, 1.807) is 73.1 Å². The standard InChI is InChI=1S/C31H32N2O7/c1-35-25-9-7-19(13-26(25)36-2)8-10-31(34)33-23-18-30(40-6)28(38-4)16-21(23)14-24-22-17-29(39-5)27(37-3)15-20(22)11-12-32-24/h7-13,15-18H,14H2,1-6H3,(H,33,34). The van der Waals surface area contributed by atoms with Gasteiger partial charge in [0, 0.05) is 35.8 Å². The minimum absolute atomic E-state index is 0.319. The van der Waals surface area contributed by atoms with Gasteiger partial charge in [0.05, 0.1) is 48.4 Å². The van der Waals surface area contributed by atoms with E-state index in [1.165, 1.54) is 6.08 Å². The molecule has 0 aliphatic heterocycles. The van der Waals surface area contributed by atoms with E-state index in [-0.39, 0.29) is 5.91 Å². The molecule has 1 amide bonds. The summed E-state index contributed by atoms with van der Waals surface area (Å²) < 4.78 is 32.6. The third kappa shape index (κ3) is 6.04. The van der Waals surface area contributed by atoms with E-state index < -0.39 is 0 Å². The SMILES string of the molecule is COc1ccc(C=CC(=O)Nc2cc(OC)c(OC)cc2Cc2nccc3cc(OC)c(OC)cc23)cc1OC. The van der Waals surface area contributed by atoms with E-state index in [1.807, 2.05) is 30.3 Å². The first-order valence-electron chi connectivity index (χ1n) is 12.4. The number of benzene rings is 3. The first kappa shape index (κ1) is 28.1. The molecule has 0 aliphatic carbocycles. The molecule has 0 saturated carbocycles. The van der Waals surface area contributed by atoms with Crippen LogP contribution in [0.1, 0.15) is 16.8 Å². The Labute approximate surface area is 233 Å². The second-order valence-corrected chi connectivity index (χ2v) is 8.66. The number of nitrogens with zero attached hydrogens (tertiary/aromatic N) is 1. The van der Waals surface area contributed by atoms with Gasteiger partial charge in [-0.1, -0.05) is 6.07 Å². The van der Waals surface area contributed by atoms with Crippen molar-refractivity contribution in [3.63, 3.8) is 0 Å². The number of carbonyl (C=O) groups excluding carboxylic acids is 1. The summed E-state index contributed by atoms with van der Waals surface area (Å²) in [5.41, 5.74) is 2.94. The number of hydrogen-bond acceptors (Lipinski definition) is 8. The van der Waals surface area contributed by atoms with Crippen molar-refractivity contribution in [2.24, 2.45) is 0 Å². The molecule has 40 heavy (non-hydrogen) atoms. The topological polar surface area (TPSA) is 97.4 Å². The summed E-state index contributed by atoms with van der Waals surface area (Å²) in [6.45, 7) is 0. The Kier molecular flexibility index (Phi) is 8.96. The summed E-state index contributed by atoms with van der Waals surface area (Å²) in [5, 5.41) is 4.83. The predicted octanol–water partition coefficient (Wildman–Crippen LogP) is 5.53. The van der Waals surface area contributed by atoms with E-state index in [2.05, 4.69) is 10.3 Å². The molecule has 3 aromatic carbocycles. The van der Waals surface area contributed by atoms with Crippen LogP contribution < -0.4 is 33.7 Å². The van der Waals surface area contributed by atoms with Gasteiger partial charge in [0.2, 0.25) is 5.91 Å². The number of anilines is 1. The van der Waals surface area contributed by atoms with Crippen molar-refractivity contribution < 1.29 is 33.2 Å². The number of fused-ring (bicyclic) bond motifs is 1. The Morgan fingerprint density at radius 3 is 2.00 bits per heavy atom. The quantitative estimate of drug-likeness (QED) is 0.246. The van der Waals surface area contributed by atoms with Crippen LogP contribution in [-0.4, -0.2) is 53.5 Å². The smallest absolute Gasteiger partial charge is 0.248 e. The van der Waals surface area contributed by atoms with Crippen LogP contribution >= 0.6 is 0 Å². The molecular weight excluding hydrogens is 512 g/mol. The molecule has 0 bridgehead atoms. The first-order valence-corrected chi connectivity index (χ1v) is 12.4. The third-order valence-corrected chi connectivity index (χ3v) is 6.41. The monoisotopic (exact) mass is 544 g/mol. The molecule has 0 saturated heterocycles. The molecule has 4 aromatic rings.